The van der Waals surface area contributed by atoms with Crippen LogP contribution in [-0.2, 0) is 11.3 Å². The monoisotopic (exact) mass is 319 g/mol. The molecule has 3 aromatic rings. The van der Waals surface area contributed by atoms with Crippen LogP contribution in [0.4, 0.5) is 0 Å². The Hall–Kier alpha value is -2.62. The van der Waals surface area contributed by atoms with Crippen LogP contribution in [0, 0.1) is 6.92 Å². The molecule has 0 N–H and O–H groups in total. The van der Waals surface area contributed by atoms with Crippen molar-refractivity contribution in [2.75, 3.05) is 13.6 Å². The van der Waals surface area contributed by atoms with E-state index in [1.807, 2.05) is 25.2 Å². The number of carbonyl (C=O) groups excluding carboxylic acids is 1. The van der Waals surface area contributed by atoms with Gasteiger partial charge < -0.3 is 9.47 Å². The maximum atomic E-state index is 12.0. The first-order chi connectivity index (χ1) is 11.6. The lowest BCUT2D eigenvalue weighted by Crippen LogP contribution is -2.19. The lowest BCUT2D eigenvalue weighted by molar-refractivity contribution is -0.126. The number of likely N-dealkylation sites (N-methyl/N-ethyl adjacent to an activating group) is 1. The van der Waals surface area contributed by atoms with Gasteiger partial charge in [0, 0.05) is 32.5 Å². The first kappa shape index (κ1) is 14.9. The Labute approximate surface area is 141 Å². The van der Waals surface area contributed by atoms with E-state index in [0.717, 1.165) is 29.9 Å². The molecule has 0 bridgehead atoms. The zero-order valence-corrected chi connectivity index (χ0v) is 14.1. The molecule has 122 valence electrons. The Kier molecular flexibility index (Phi) is 3.60. The number of amides is 1. The quantitative estimate of drug-likeness (QED) is 0.742. The number of para-hydroxylation sites is 2. The van der Waals surface area contributed by atoms with Crippen molar-refractivity contribution in [3.05, 3.63) is 65.5 Å². The first-order valence-corrected chi connectivity index (χ1v) is 8.36. The summed E-state index contributed by atoms with van der Waals surface area (Å²) in [6, 6.07) is 16.8. The molecule has 1 atom stereocenters. The minimum atomic E-state index is 0.167. The molecular weight excluding hydrogens is 298 g/mol. The van der Waals surface area contributed by atoms with Crippen LogP contribution >= 0.6 is 0 Å². The molecule has 1 aliphatic rings. The molecule has 1 saturated heterocycles. The van der Waals surface area contributed by atoms with Gasteiger partial charge in [-0.05, 0) is 24.6 Å². The van der Waals surface area contributed by atoms with E-state index in [4.69, 9.17) is 4.98 Å². The van der Waals surface area contributed by atoms with E-state index in [9.17, 15) is 4.79 Å². The molecule has 4 heteroatoms. The van der Waals surface area contributed by atoms with Crippen LogP contribution in [0.2, 0.25) is 0 Å². The molecule has 2 heterocycles. The van der Waals surface area contributed by atoms with Gasteiger partial charge in [0.1, 0.15) is 5.82 Å². The molecule has 0 radical (unpaired) electrons. The highest BCUT2D eigenvalue weighted by atomic mass is 16.2. The zero-order chi connectivity index (χ0) is 16.7. The van der Waals surface area contributed by atoms with Crippen LogP contribution in [0.15, 0.2) is 48.5 Å². The Morgan fingerprint density at radius 3 is 2.58 bits per heavy atom. The van der Waals surface area contributed by atoms with Gasteiger partial charge >= 0.3 is 0 Å². The lowest BCUT2D eigenvalue weighted by atomic mass is 10.1. The van der Waals surface area contributed by atoms with Crippen molar-refractivity contribution in [1.82, 2.24) is 14.5 Å². The van der Waals surface area contributed by atoms with Gasteiger partial charge in [-0.2, -0.15) is 0 Å². The zero-order valence-electron chi connectivity index (χ0n) is 14.1. The minimum Gasteiger partial charge on any atom is -0.345 e. The molecule has 0 aliphatic carbocycles. The highest BCUT2D eigenvalue weighted by Crippen LogP contribution is 2.30. The predicted molar refractivity (Wildman–Crippen MR) is 95.0 cm³/mol. The van der Waals surface area contributed by atoms with Crippen LogP contribution < -0.4 is 0 Å². The summed E-state index contributed by atoms with van der Waals surface area (Å²) in [5, 5.41) is 0. The summed E-state index contributed by atoms with van der Waals surface area (Å²) in [6.45, 7) is 3.63. The molecular formula is C20H21N3O. The van der Waals surface area contributed by atoms with E-state index in [1.54, 1.807) is 4.90 Å². The number of hydrogen-bond acceptors (Lipinski definition) is 2. The molecule has 0 saturated carbocycles. The third kappa shape index (κ3) is 2.58. The van der Waals surface area contributed by atoms with E-state index < -0.39 is 0 Å². The van der Waals surface area contributed by atoms with Crippen molar-refractivity contribution >= 4 is 16.9 Å². The van der Waals surface area contributed by atoms with Gasteiger partial charge in [0.05, 0.1) is 11.0 Å². The SMILES string of the molecule is Cc1ccc(Cn2c([C@@H]3CC(=O)N(C)C3)nc3ccccc32)cc1. The van der Waals surface area contributed by atoms with Crippen LogP contribution in [0.25, 0.3) is 11.0 Å². The molecule has 2 aromatic carbocycles. The second-order valence-corrected chi connectivity index (χ2v) is 6.71. The number of aryl methyl sites for hydroxylation is 1. The molecule has 1 amide bonds. The molecule has 24 heavy (non-hydrogen) atoms. The largest absolute Gasteiger partial charge is 0.345 e. The van der Waals surface area contributed by atoms with Gasteiger partial charge in [-0.15, -0.1) is 0 Å². The number of imidazole rings is 1. The van der Waals surface area contributed by atoms with E-state index in [1.165, 1.54) is 11.1 Å². The van der Waals surface area contributed by atoms with E-state index in [2.05, 4.69) is 41.8 Å². The first-order valence-electron chi connectivity index (χ1n) is 8.36. The summed E-state index contributed by atoms with van der Waals surface area (Å²) in [7, 11) is 1.87. The Morgan fingerprint density at radius 2 is 1.88 bits per heavy atom. The van der Waals surface area contributed by atoms with Crippen molar-refractivity contribution < 1.29 is 4.79 Å². The van der Waals surface area contributed by atoms with Gasteiger partial charge in [-0.25, -0.2) is 4.98 Å². The fraction of sp³-hybridized carbons (Fsp3) is 0.300. The minimum absolute atomic E-state index is 0.167. The third-order valence-corrected chi connectivity index (χ3v) is 4.85. The smallest absolute Gasteiger partial charge is 0.223 e. The summed E-state index contributed by atoms with van der Waals surface area (Å²) in [4.78, 5) is 18.6. The van der Waals surface area contributed by atoms with E-state index in [-0.39, 0.29) is 11.8 Å². The average Bonchev–Trinajstić information content (AvgIpc) is 3.11. The van der Waals surface area contributed by atoms with Crippen molar-refractivity contribution in [1.29, 1.82) is 0 Å². The second-order valence-electron chi connectivity index (χ2n) is 6.71. The number of rotatable bonds is 3. The number of benzene rings is 2. The summed E-state index contributed by atoms with van der Waals surface area (Å²) in [6.07, 6.45) is 0.549. The topological polar surface area (TPSA) is 38.1 Å². The van der Waals surface area contributed by atoms with Gasteiger partial charge in [0.2, 0.25) is 5.91 Å². The van der Waals surface area contributed by atoms with Crippen LogP contribution in [0.3, 0.4) is 0 Å². The third-order valence-electron chi connectivity index (χ3n) is 4.85. The molecule has 0 spiro atoms. The predicted octanol–water partition coefficient (Wildman–Crippen LogP) is 3.34. The molecule has 4 nitrogen and oxygen atoms in total. The van der Waals surface area contributed by atoms with Crippen molar-refractivity contribution in [3.8, 4) is 0 Å². The van der Waals surface area contributed by atoms with Gasteiger partial charge in [0.25, 0.3) is 0 Å². The van der Waals surface area contributed by atoms with Gasteiger partial charge in [0.15, 0.2) is 0 Å². The lowest BCUT2D eigenvalue weighted by Gasteiger charge is -2.14. The average molecular weight is 319 g/mol. The standard InChI is InChI=1S/C20H21N3O/c1-14-7-9-15(10-8-14)12-23-18-6-4-3-5-17(18)21-20(23)16-11-19(24)22(2)13-16/h3-10,16H,11-13H2,1-2H3/t16-/m1/s1. The number of aromatic nitrogens is 2. The number of fused-ring (bicyclic) bond motifs is 1. The second kappa shape index (κ2) is 5.78. The van der Waals surface area contributed by atoms with E-state index in [0.29, 0.717) is 6.42 Å². The fourth-order valence-corrected chi connectivity index (χ4v) is 3.48. The maximum Gasteiger partial charge on any atom is 0.223 e. The molecule has 4 rings (SSSR count). The Balaban J connectivity index is 1.78. The highest BCUT2D eigenvalue weighted by molar-refractivity contribution is 5.80. The summed E-state index contributed by atoms with van der Waals surface area (Å²) in [5.74, 6) is 1.39. The van der Waals surface area contributed by atoms with Crippen molar-refractivity contribution in [2.24, 2.45) is 0 Å². The number of hydrogen-bond donors (Lipinski definition) is 0. The van der Waals surface area contributed by atoms with Crippen LogP contribution in [-0.4, -0.2) is 34.0 Å². The van der Waals surface area contributed by atoms with Crippen LogP contribution in [0.1, 0.15) is 29.3 Å². The van der Waals surface area contributed by atoms with Crippen molar-refractivity contribution in [3.63, 3.8) is 0 Å². The normalized spacial score (nSPS) is 17.8. The molecule has 1 fully saturated rings. The number of likely N-dealkylation sites (tertiary alicyclic amines) is 1. The maximum absolute atomic E-state index is 12.0. The fourth-order valence-electron chi connectivity index (χ4n) is 3.48. The van der Waals surface area contributed by atoms with Gasteiger partial charge in [-0.3, -0.25) is 4.79 Å². The summed E-state index contributed by atoms with van der Waals surface area (Å²) in [5.41, 5.74) is 4.65. The summed E-state index contributed by atoms with van der Waals surface area (Å²) >= 11 is 0. The Bertz CT molecular complexity index is 895. The number of carbonyl (C=O) groups is 1. The number of nitrogens with zero attached hydrogens (tertiary/aromatic N) is 3. The molecule has 1 aromatic heterocycles. The van der Waals surface area contributed by atoms with Crippen molar-refractivity contribution in [2.45, 2.75) is 25.8 Å². The molecule has 1 aliphatic heterocycles. The van der Waals surface area contributed by atoms with E-state index >= 15 is 0 Å². The van der Waals surface area contributed by atoms with Crippen LogP contribution in [0.5, 0.6) is 0 Å². The molecule has 0 unspecified atom stereocenters. The highest BCUT2D eigenvalue weighted by Gasteiger charge is 2.31. The Morgan fingerprint density at radius 1 is 1.12 bits per heavy atom. The van der Waals surface area contributed by atoms with Gasteiger partial charge in [-0.1, -0.05) is 42.0 Å². The summed E-state index contributed by atoms with van der Waals surface area (Å²) < 4.78 is 2.27.